The van der Waals surface area contributed by atoms with Crippen LogP contribution in [0.2, 0.25) is 5.02 Å². The predicted molar refractivity (Wildman–Crippen MR) is 124 cm³/mol. The van der Waals surface area contributed by atoms with Crippen LogP contribution in [0.15, 0.2) is 83.5 Å². The molecule has 30 heavy (non-hydrogen) atoms. The van der Waals surface area contributed by atoms with Crippen molar-refractivity contribution < 1.29 is 9.90 Å². The van der Waals surface area contributed by atoms with Crippen LogP contribution >= 0.6 is 23.4 Å². The van der Waals surface area contributed by atoms with E-state index in [9.17, 15) is 9.90 Å². The lowest BCUT2D eigenvalue weighted by Crippen LogP contribution is -2.29. The van der Waals surface area contributed by atoms with Crippen LogP contribution in [0, 0.1) is 6.92 Å². The van der Waals surface area contributed by atoms with Gasteiger partial charge >= 0.3 is 0 Å². The first kappa shape index (κ1) is 20.6. The van der Waals surface area contributed by atoms with Crippen molar-refractivity contribution >= 4 is 34.8 Å². The van der Waals surface area contributed by atoms with E-state index in [4.69, 9.17) is 11.6 Å². The van der Waals surface area contributed by atoms with Gasteiger partial charge in [0.25, 0.3) is 5.91 Å². The zero-order chi connectivity index (χ0) is 21.3. The van der Waals surface area contributed by atoms with E-state index in [0.29, 0.717) is 17.1 Å². The summed E-state index contributed by atoms with van der Waals surface area (Å²) in [5.41, 5.74) is 4.51. The summed E-state index contributed by atoms with van der Waals surface area (Å²) in [6.07, 6.45) is 2.03. The van der Waals surface area contributed by atoms with Crippen LogP contribution in [0.5, 0.6) is 0 Å². The van der Waals surface area contributed by atoms with Gasteiger partial charge in [0.1, 0.15) is 0 Å². The standard InChI is InChI=1S/C25H22ClNO2S/c1-16-3-7-18(8-4-16)22-23(19-9-11-20(26)12-10-19)27(25(29)24(22)28)15-17-5-13-21(30-2)14-6-17/h3-14,23,28H,15H2,1-2H3/t23-/m0/s1. The van der Waals surface area contributed by atoms with Gasteiger partial charge in [-0.15, -0.1) is 11.8 Å². The van der Waals surface area contributed by atoms with Gasteiger partial charge in [0.15, 0.2) is 5.76 Å². The molecule has 0 radical (unpaired) electrons. The Labute approximate surface area is 186 Å². The third-order valence-electron chi connectivity index (χ3n) is 5.36. The van der Waals surface area contributed by atoms with Gasteiger partial charge in [-0.2, -0.15) is 0 Å². The average molecular weight is 436 g/mol. The Bertz CT molecular complexity index is 1090. The number of nitrogens with zero attached hydrogens (tertiary/aromatic N) is 1. The molecule has 3 aromatic carbocycles. The normalized spacial score (nSPS) is 16.4. The van der Waals surface area contributed by atoms with Crippen LogP contribution in [-0.4, -0.2) is 22.2 Å². The van der Waals surface area contributed by atoms with Crippen LogP contribution in [0.4, 0.5) is 0 Å². The maximum Gasteiger partial charge on any atom is 0.290 e. The molecule has 1 atom stereocenters. The number of rotatable bonds is 5. The molecule has 0 aliphatic carbocycles. The second-order valence-corrected chi connectivity index (χ2v) is 8.68. The van der Waals surface area contributed by atoms with Gasteiger partial charge in [-0.3, -0.25) is 4.79 Å². The lowest BCUT2D eigenvalue weighted by molar-refractivity contribution is -0.130. The number of aliphatic hydroxyl groups is 1. The summed E-state index contributed by atoms with van der Waals surface area (Å²) < 4.78 is 0. The first-order chi connectivity index (χ1) is 14.5. The highest BCUT2D eigenvalue weighted by Gasteiger charge is 2.40. The molecule has 0 saturated heterocycles. The average Bonchev–Trinajstić information content (AvgIpc) is 3.00. The number of benzene rings is 3. The number of carbonyl (C=O) groups excluding carboxylic acids is 1. The molecule has 1 aliphatic heterocycles. The monoisotopic (exact) mass is 435 g/mol. The maximum absolute atomic E-state index is 13.1. The molecule has 1 amide bonds. The van der Waals surface area contributed by atoms with Gasteiger partial charge in [0.05, 0.1) is 6.04 Å². The fourth-order valence-electron chi connectivity index (χ4n) is 3.76. The van der Waals surface area contributed by atoms with E-state index >= 15 is 0 Å². The predicted octanol–water partition coefficient (Wildman–Crippen LogP) is 6.42. The molecule has 0 fully saturated rings. The number of aliphatic hydroxyl groups excluding tert-OH is 1. The summed E-state index contributed by atoms with van der Waals surface area (Å²) in [4.78, 5) is 16.0. The second kappa shape index (κ2) is 8.58. The van der Waals surface area contributed by atoms with E-state index in [2.05, 4.69) is 0 Å². The Morgan fingerprint density at radius 1 is 0.967 bits per heavy atom. The summed E-state index contributed by atoms with van der Waals surface area (Å²) in [5.74, 6) is -0.556. The molecule has 1 N–H and O–H groups in total. The minimum Gasteiger partial charge on any atom is -0.503 e. The van der Waals surface area contributed by atoms with Crippen LogP contribution in [0.1, 0.15) is 28.3 Å². The third-order valence-corrected chi connectivity index (χ3v) is 6.36. The van der Waals surface area contributed by atoms with Crippen molar-refractivity contribution in [3.05, 3.63) is 106 Å². The van der Waals surface area contributed by atoms with Crippen molar-refractivity contribution in [1.29, 1.82) is 0 Å². The molecule has 5 heteroatoms. The summed E-state index contributed by atoms with van der Waals surface area (Å²) in [5, 5.41) is 11.5. The summed E-state index contributed by atoms with van der Waals surface area (Å²) >= 11 is 7.77. The van der Waals surface area contributed by atoms with E-state index in [1.54, 1.807) is 16.7 Å². The molecule has 3 nitrogen and oxygen atoms in total. The van der Waals surface area contributed by atoms with Crippen molar-refractivity contribution in [2.24, 2.45) is 0 Å². The molecule has 152 valence electrons. The Morgan fingerprint density at radius 3 is 2.20 bits per heavy atom. The molecule has 4 rings (SSSR count). The number of amides is 1. The third kappa shape index (κ3) is 3.98. The highest BCUT2D eigenvalue weighted by Crippen LogP contribution is 2.44. The van der Waals surface area contributed by atoms with Crippen LogP contribution in [0.3, 0.4) is 0 Å². The van der Waals surface area contributed by atoms with Gasteiger partial charge in [-0.05, 0) is 54.1 Å². The van der Waals surface area contributed by atoms with E-state index in [-0.39, 0.29) is 11.7 Å². The number of carbonyl (C=O) groups is 1. The number of thioether (sulfide) groups is 1. The molecule has 3 aromatic rings. The van der Waals surface area contributed by atoms with Crippen molar-refractivity contribution in [2.45, 2.75) is 24.4 Å². The van der Waals surface area contributed by atoms with Gasteiger partial charge in [-0.25, -0.2) is 0 Å². The first-order valence-electron chi connectivity index (χ1n) is 9.67. The molecular formula is C25H22ClNO2S. The zero-order valence-electron chi connectivity index (χ0n) is 16.8. The molecule has 0 unspecified atom stereocenters. The summed E-state index contributed by atoms with van der Waals surface area (Å²) in [6, 6.07) is 23.1. The summed E-state index contributed by atoms with van der Waals surface area (Å²) in [7, 11) is 0. The lowest BCUT2D eigenvalue weighted by atomic mass is 9.93. The smallest absolute Gasteiger partial charge is 0.290 e. The SMILES string of the molecule is CSc1ccc(CN2C(=O)C(O)=C(c3ccc(C)cc3)[C@@H]2c2ccc(Cl)cc2)cc1. The van der Waals surface area contributed by atoms with Crippen molar-refractivity contribution in [3.63, 3.8) is 0 Å². The van der Waals surface area contributed by atoms with Gasteiger partial charge in [-0.1, -0.05) is 65.7 Å². The second-order valence-electron chi connectivity index (χ2n) is 7.36. The van der Waals surface area contributed by atoms with E-state index < -0.39 is 6.04 Å². The van der Waals surface area contributed by atoms with E-state index in [1.165, 1.54) is 4.90 Å². The molecule has 1 aliphatic rings. The van der Waals surface area contributed by atoms with Gasteiger partial charge < -0.3 is 10.0 Å². The Hall–Kier alpha value is -2.69. The zero-order valence-corrected chi connectivity index (χ0v) is 18.4. The fourth-order valence-corrected chi connectivity index (χ4v) is 4.30. The number of halogens is 1. The van der Waals surface area contributed by atoms with E-state index in [0.717, 1.165) is 22.3 Å². The Morgan fingerprint density at radius 2 is 1.60 bits per heavy atom. The largest absolute Gasteiger partial charge is 0.503 e. The minimum atomic E-state index is -0.391. The minimum absolute atomic E-state index is 0.195. The molecule has 0 spiro atoms. The highest BCUT2D eigenvalue weighted by molar-refractivity contribution is 7.98. The van der Waals surface area contributed by atoms with Crippen LogP contribution in [-0.2, 0) is 11.3 Å². The van der Waals surface area contributed by atoms with Crippen molar-refractivity contribution in [3.8, 4) is 0 Å². The topological polar surface area (TPSA) is 40.5 Å². The number of aryl methyl sites for hydroxylation is 1. The van der Waals surface area contributed by atoms with Crippen LogP contribution in [0.25, 0.3) is 5.57 Å². The first-order valence-corrected chi connectivity index (χ1v) is 11.3. The quantitative estimate of drug-likeness (QED) is 0.470. The van der Waals surface area contributed by atoms with Crippen LogP contribution < -0.4 is 0 Å². The van der Waals surface area contributed by atoms with Crippen molar-refractivity contribution in [1.82, 2.24) is 4.90 Å². The fraction of sp³-hybridized carbons (Fsp3) is 0.160. The number of hydrogen-bond acceptors (Lipinski definition) is 3. The summed E-state index contributed by atoms with van der Waals surface area (Å²) in [6.45, 7) is 2.42. The molecule has 1 heterocycles. The Balaban J connectivity index is 1.77. The highest BCUT2D eigenvalue weighted by atomic mass is 35.5. The molecule has 0 saturated carbocycles. The lowest BCUT2D eigenvalue weighted by Gasteiger charge is -2.27. The maximum atomic E-state index is 13.1. The van der Waals surface area contributed by atoms with Gasteiger partial charge in [0.2, 0.25) is 0 Å². The Kier molecular flexibility index (Phi) is 5.89. The molecule has 0 bridgehead atoms. The molecular weight excluding hydrogens is 414 g/mol. The molecule has 0 aromatic heterocycles. The number of hydrogen-bond donors (Lipinski definition) is 1. The van der Waals surface area contributed by atoms with E-state index in [1.807, 2.05) is 86.0 Å². The van der Waals surface area contributed by atoms with Gasteiger partial charge in [0, 0.05) is 22.0 Å². The van der Waals surface area contributed by atoms with Crippen molar-refractivity contribution in [2.75, 3.05) is 6.26 Å².